The maximum atomic E-state index is 11.0. The van der Waals surface area contributed by atoms with Crippen LogP contribution in [0.5, 0.6) is 0 Å². The molecule has 0 aromatic rings. The van der Waals surface area contributed by atoms with Crippen LogP contribution in [0.3, 0.4) is 0 Å². The van der Waals surface area contributed by atoms with Crippen LogP contribution in [0.4, 0.5) is 0 Å². The number of hydrogen-bond acceptors (Lipinski definition) is 3. The van der Waals surface area contributed by atoms with Gasteiger partial charge in [-0.15, -0.1) is 0 Å². The highest BCUT2D eigenvalue weighted by molar-refractivity contribution is 7.98. The minimum absolute atomic E-state index is 0.390. The highest BCUT2D eigenvalue weighted by Gasteiger charge is 2.18. The van der Waals surface area contributed by atoms with Gasteiger partial charge in [0.1, 0.15) is 0 Å². The van der Waals surface area contributed by atoms with Crippen molar-refractivity contribution in [3.05, 3.63) is 0 Å². The molecule has 0 aromatic carbocycles. The first-order chi connectivity index (χ1) is 6.83. The third-order valence-corrected chi connectivity index (χ3v) is 3.65. The van der Waals surface area contributed by atoms with Crippen LogP contribution >= 0.6 is 11.9 Å². The number of Topliss-reactive ketones (excluding diaryl/α,β-unsaturated/α-hetero) is 1. The van der Waals surface area contributed by atoms with Gasteiger partial charge >= 0.3 is 0 Å². The quantitative estimate of drug-likeness (QED) is 0.481. The molecular weight excluding hydrogens is 194 g/mol. The number of rotatable bonds is 7. The molecule has 1 heterocycles. The molecule has 0 radical (unpaired) electrons. The van der Waals surface area contributed by atoms with Gasteiger partial charge in [-0.05, 0) is 6.42 Å². The van der Waals surface area contributed by atoms with E-state index in [4.69, 9.17) is 0 Å². The van der Waals surface area contributed by atoms with Gasteiger partial charge in [0.2, 0.25) is 0 Å². The molecule has 0 spiro atoms. The molecule has 1 aliphatic heterocycles. The van der Waals surface area contributed by atoms with Gasteiger partial charge in [0.05, 0.1) is 12.3 Å². The second-order valence-corrected chi connectivity index (χ2v) is 5.01. The lowest BCUT2D eigenvalue weighted by Crippen LogP contribution is -2.16. The van der Waals surface area contributed by atoms with Gasteiger partial charge in [-0.3, -0.25) is 4.79 Å². The van der Waals surface area contributed by atoms with E-state index in [1.807, 2.05) is 0 Å². The van der Waals surface area contributed by atoms with E-state index in [1.54, 1.807) is 11.9 Å². The summed E-state index contributed by atoms with van der Waals surface area (Å²) in [6, 6.07) is 0. The van der Waals surface area contributed by atoms with Crippen molar-refractivity contribution in [2.75, 3.05) is 18.8 Å². The third kappa shape index (κ3) is 5.01. The predicted molar refractivity (Wildman–Crippen MR) is 62.4 cm³/mol. The first kappa shape index (κ1) is 12.1. The van der Waals surface area contributed by atoms with Gasteiger partial charge in [-0.25, -0.2) is 4.31 Å². The van der Waals surface area contributed by atoms with Crippen molar-refractivity contribution in [3.63, 3.8) is 0 Å². The molecule has 0 amide bonds. The number of hydrogen-bond donors (Lipinski definition) is 0. The number of carbonyl (C=O) groups is 1. The standard InChI is InChI=1S/C11H21NOS/c1-2-3-4-5-6-7-8-12-9-11(13)10-14-12/h2-10H2,1H3. The Hall–Kier alpha value is -0.0200. The van der Waals surface area contributed by atoms with Crippen LogP contribution in [-0.4, -0.2) is 28.9 Å². The molecule has 0 aliphatic carbocycles. The molecule has 0 atom stereocenters. The Kier molecular flexibility index (Phi) is 6.28. The lowest BCUT2D eigenvalue weighted by molar-refractivity contribution is -0.115. The van der Waals surface area contributed by atoms with Crippen molar-refractivity contribution >= 4 is 17.7 Å². The van der Waals surface area contributed by atoms with Crippen molar-refractivity contribution in [3.8, 4) is 0 Å². The molecule has 1 aliphatic rings. The van der Waals surface area contributed by atoms with Crippen LogP contribution in [0, 0.1) is 0 Å². The summed E-state index contributed by atoms with van der Waals surface area (Å²) in [5.74, 6) is 1.09. The van der Waals surface area contributed by atoms with E-state index in [9.17, 15) is 4.79 Å². The van der Waals surface area contributed by atoms with E-state index < -0.39 is 0 Å². The largest absolute Gasteiger partial charge is 0.297 e. The van der Waals surface area contributed by atoms with Crippen LogP contribution in [0.1, 0.15) is 45.4 Å². The van der Waals surface area contributed by atoms with E-state index in [0.717, 1.165) is 6.54 Å². The monoisotopic (exact) mass is 215 g/mol. The van der Waals surface area contributed by atoms with Crippen LogP contribution in [0.25, 0.3) is 0 Å². The summed E-state index contributed by atoms with van der Waals surface area (Å²) in [5, 5.41) is 0. The first-order valence-electron chi connectivity index (χ1n) is 5.72. The van der Waals surface area contributed by atoms with Crippen molar-refractivity contribution in [2.45, 2.75) is 45.4 Å². The van der Waals surface area contributed by atoms with Crippen LogP contribution < -0.4 is 0 Å². The molecule has 14 heavy (non-hydrogen) atoms. The average molecular weight is 215 g/mol. The molecule has 2 nitrogen and oxygen atoms in total. The summed E-state index contributed by atoms with van der Waals surface area (Å²) >= 11 is 1.70. The molecule has 0 saturated carbocycles. The van der Waals surface area contributed by atoms with E-state index in [0.29, 0.717) is 18.1 Å². The fraction of sp³-hybridized carbons (Fsp3) is 0.909. The Morgan fingerprint density at radius 2 is 1.93 bits per heavy atom. The summed E-state index contributed by atoms with van der Waals surface area (Å²) in [7, 11) is 0. The second-order valence-electron chi connectivity index (χ2n) is 3.94. The molecule has 0 aromatic heterocycles. The Bertz CT molecular complexity index is 173. The lowest BCUT2D eigenvalue weighted by atomic mass is 10.1. The molecule has 1 rings (SSSR count). The van der Waals surface area contributed by atoms with Gasteiger partial charge < -0.3 is 0 Å². The number of ketones is 1. The Morgan fingerprint density at radius 3 is 2.57 bits per heavy atom. The normalized spacial score (nSPS) is 17.9. The van der Waals surface area contributed by atoms with Crippen LogP contribution in [0.2, 0.25) is 0 Å². The predicted octanol–water partition coefficient (Wildman–Crippen LogP) is 2.88. The Balaban J connectivity index is 1.86. The minimum Gasteiger partial charge on any atom is -0.297 e. The van der Waals surface area contributed by atoms with Gasteiger partial charge in [0, 0.05) is 6.54 Å². The van der Waals surface area contributed by atoms with E-state index in [2.05, 4.69) is 11.2 Å². The smallest absolute Gasteiger partial charge is 0.158 e. The van der Waals surface area contributed by atoms with Crippen molar-refractivity contribution < 1.29 is 4.79 Å². The third-order valence-electron chi connectivity index (χ3n) is 2.52. The van der Waals surface area contributed by atoms with E-state index >= 15 is 0 Å². The molecule has 3 heteroatoms. The highest BCUT2D eigenvalue weighted by Crippen LogP contribution is 2.18. The highest BCUT2D eigenvalue weighted by atomic mass is 32.2. The number of carbonyl (C=O) groups excluding carboxylic acids is 1. The second kappa shape index (κ2) is 7.30. The maximum absolute atomic E-state index is 11.0. The summed E-state index contributed by atoms with van der Waals surface area (Å²) < 4.78 is 2.21. The molecule has 0 bridgehead atoms. The Morgan fingerprint density at radius 1 is 1.21 bits per heavy atom. The molecule has 0 N–H and O–H groups in total. The summed E-state index contributed by atoms with van der Waals surface area (Å²) in [6.45, 7) is 4.02. The van der Waals surface area contributed by atoms with Crippen LogP contribution in [-0.2, 0) is 4.79 Å². The van der Waals surface area contributed by atoms with Crippen molar-refractivity contribution in [2.24, 2.45) is 0 Å². The van der Waals surface area contributed by atoms with Crippen molar-refractivity contribution in [1.29, 1.82) is 0 Å². The Labute approximate surface area is 91.6 Å². The summed E-state index contributed by atoms with van der Waals surface area (Å²) in [5.41, 5.74) is 0. The molecular formula is C11H21NOS. The number of unbranched alkanes of at least 4 members (excludes halogenated alkanes) is 5. The summed E-state index contributed by atoms with van der Waals surface area (Å²) in [6.07, 6.45) is 8.01. The molecule has 1 fully saturated rings. The minimum atomic E-state index is 0.390. The maximum Gasteiger partial charge on any atom is 0.158 e. The lowest BCUT2D eigenvalue weighted by Gasteiger charge is -2.11. The zero-order valence-electron chi connectivity index (χ0n) is 9.13. The fourth-order valence-electron chi connectivity index (χ4n) is 1.66. The zero-order valence-corrected chi connectivity index (χ0v) is 9.94. The number of nitrogens with zero attached hydrogens (tertiary/aromatic N) is 1. The van der Waals surface area contributed by atoms with Crippen LogP contribution in [0.15, 0.2) is 0 Å². The average Bonchev–Trinajstić information content (AvgIpc) is 2.58. The molecule has 0 unspecified atom stereocenters. The van der Waals surface area contributed by atoms with E-state index in [1.165, 1.54) is 38.5 Å². The van der Waals surface area contributed by atoms with Gasteiger partial charge in [0.25, 0.3) is 0 Å². The van der Waals surface area contributed by atoms with Gasteiger partial charge in [-0.2, -0.15) is 0 Å². The van der Waals surface area contributed by atoms with E-state index in [-0.39, 0.29) is 0 Å². The first-order valence-corrected chi connectivity index (χ1v) is 6.66. The fourth-order valence-corrected chi connectivity index (χ4v) is 2.57. The summed E-state index contributed by atoms with van der Waals surface area (Å²) in [4.78, 5) is 11.0. The molecule has 1 saturated heterocycles. The topological polar surface area (TPSA) is 20.3 Å². The zero-order chi connectivity index (χ0) is 10.2. The molecule has 82 valence electrons. The van der Waals surface area contributed by atoms with Gasteiger partial charge in [-0.1, -0.05) is 51.0 Å². The SMILES string of the molecule is CCCCCCCCN1CC(=O)CS1. The van der Waals surface area contributed by atoms with Crippen molar-refractivity contribution in [1.82, 2.24) is 4.31 Å². The van der Waals surface area contributed by atoms with Gasteiger partial charge in [0.15, 0.2) is 5.78 Å².